The van der Waals surface area contributed by atoms with Crippen molar-refractivity contribution in [2.45, 2.75) is 13.0 Å². The third-order valence-corrected chi connectivity index (χ3v) is 2.49. The number of hydrogen-bond acceptors (Lipinski definition) is 4. The van der Waals surface area contributed by atoms with Gasteiger partial charge in [0.2, 0.25) is 0 Å². The number of anilines is 1. The lowest BCUT2D eigenvalue weighted by atomic mass is 10.1. The second-order valence-corrected chi connectivity index (χ2v) is 3.85. The van der Waals surface area contributed by atoms with Crippen LogP contribution in [0.5, 0.6) is 5.75 Å². The fraction of sp³-hybridized carbons (Fsp3) is 0.250. The largest absolute Gasteiger partial charge is 0.508 e. The van der Waals surface area contributed by atoms with Crippen LogP contribution in [0.1, 0.15) is 6.92 Å². The predicted octanol–water partition coefficient (Wildman–Crippen LogP) is 1.70. The monoisotopic (exact) mass is 217 g/mol. The Morgan fingerprint density at radius 1 is 1.44 bits per heavy atom. The molecule has 0 radical (unpaired) electrons. The van der Waals surface area contributed by atoms with Crippen molar-refractivity contribution in [3.8, 4) is 5.75 Å². The second kappa shape index (κ2) is 4.37. The van der Waals surface area contributed by atoms with Gasteiger partial charge in [-0.15, -0.1) is 0 Å². The van der Waals surface area contributed by atoms with Crippen LogP contribution in [-0.4, -0.2) is 22.7 Å². The molecule has 0 saturated heterocycles. The van der Waals surface area contributed by atoms with E-state index in [0.29, 0.717) is 6.54 Å². The van der Waals surface area contributed by atoms with Crippen LogP contribution in [0.25, 0.3) is 10.8 Å². The Hall–Kier alpha value is -1.81. The molecule has 84 valence electrons. The molecule has 1 aromatic heterocycles. The fourth-order valence-electron chi connectivity index (χ4n) is 1.56. The molecule has 4 nitrogen and oxygen atoms in total. The number of rotatable bonds is 3. The minimum atomic E-state index is 0.153. The van der Waals surface area contributed by atoms with Crippen molar-refractivity contribution < 1.29 is 5.11 Å². The minimum Gasteiger partial charge on any atom is -0.508 e. The maximum atomic E-state index is 9.47. The molecule has 0 saturated carbocycles. The molecule has 1 heterocycles. The van der Waals surface area contributed by atoms with Gasteiger partial charge in [0.05, 0.1) is 0 Å². The molecule has 1 atom stereocenters. The Bertz CT molecular complexity index is 499. The first-order valence-electron chi connectivity index (χ1n) is 5.25. The van der Waals surface area contributed by atoms with Gasteiger partial charge in [-0.2, -0.15) is 0 Å². The number of phenolic OH excluding ortho intramolecular Hbond substituents is 1. The molecule has 1 aromatic carbocycles. The van der Waals surface area contributed by atoms with Crippen LogP contribution in [0.3, 0.4) is 0 Å². The Morgan fingerprint density at radius 3 is 3.00 bits per heavy atom. The Balaban J connectivity index is 2.47. The van der Waals surface area contributed by atoms with Crippen molar-refractivity contribution in [1.29, 1.82) is 0 Å². The van der Waals surface area contributed by atoms with Crippen LogP contribution in [0.2, 0.25) is 0 Å². The molecule has 16 heavy (non-hydrogen) atoms. The number of benzene rings is 1. The molecule has 0 amide bonds. The Morgan fingerprint density at radius 2 is 2.25 bits per heavy atom. The Kier molecular flexibility index (Phi) is 2.92. The van der Waals surface area contributed by atoms with Gasteiger partial charge in [0.15, 0.2) is 0 Å². The van der Waals surface area contributed by atoms with Crippen molar-refractivity contribution in [1.82, 2.24) is 4.98 Å². The van der Waals surface area contributed by atoms with E-state index in [9.17, 15) is 5.11 Å². The number of pyridine rings is 1. The molecule has 0 aliphatic carbocycles. The van der Waals surface area contributed by atoms with E-state index in [1.54, 1.807) is 18.3 Å². The Labute approximate surface area is 94.1 Å². The van der Waals surface area contributed by atoms with Crippen molar-refractivity contribution in [2.75, 3.05) is 11.9 Å². The molecule has 0 aliphatic rings. The maximum absolute atomic E-state index is 9.47. The van der Waals surface area contributed by atoms with E-state index >= 15 is 0 Å². The lowest BCUT2D eigenvalue weighted by Crippen LogP contribution is -2.25. The summed E-state index contributed by atoms with van der Waals surface area (Å²) in [4.78, 5) is 4.26. The number of nitrogens with two attached hydrogens (primary N) is 1. The van der Waals surface area contributed by atoms with Crippen LogP contribution in [-0.2, 0) is 0 Å². The number of phenols is 1. The predicted molar refractivity (Wildman–Crippen MR) is 65.5 cm³/mol. The normalized spacial score (nSPS) is 12.6. The summed E-state index contributed by atoms with van der Waals surface area (Å²) in [7, 11) is 0. The molecule has 2 rings (SSSR count). The van der Waals surface area contributed by atoms with Crippen LogP contribution < -0.4 is 11.1 Å². The lowest BCUT2D eigenvalue weighted by molar-refractivity contribution is 0.476. The van der Waals surface area contributed by atoms with Gasteiger partial charge in [0, 0.05) is 24.2 Å². The number of fused-ring (bicyclic) bond motifs is 1. The van der Waals surface area contributed by atoms with Gasteiger partial charge < -0.3 is 16.2 Å². The molecular weight excluding hydrogens is 202 g/mol. The van der Waals surface area contributed by atoms with Gasteiger partial charge in [0.25, 0.3) is 0 Å². The van der Waals surface area contributed by atoms with E-state index in [1.807, 2.05) is 19.1 Å². The molecule has 4 N–H and O–H groups in total. The highest BCUT2D eigenvalue weighted by atomic mass is 16.3. The van der Waals surface area contributed by atoms with Crippen molar-refractivity contribution in [3.63, 3.8) is 0 Å². The third-order valence-electron chi connectivity index (χ3n) is 2.49. The van der Waals surface area contributed by atoms with Gasteiger partial charge in [-0.3, -0.25) is 0 Å². The zero-order valence-electron chi connectivity index (χ0n) is 9.14. The molecule has 0 fully saturated rings. The molecule has 1 unspecified atom stereocenters. The summed E-state index contributed by atoms with van der Waals surface area (Å²) in [6.07, 6.45) is 1.74. The molecule has 0 spiro atoms. The topological polar surface area (TPSA) is 71.2 Å². The van der Waals surface area contributed by atoms with Gasteiger partial charge in [-0.05, 0) is 30.5 Å². The maximum Gasteiger partial charge on any atom is 0.134 e. The van der Waals surface area contributed by atoms with Crippen molar-refractivity contribution >= 4 is 16.6 Å². The van der Waals surface area contributed by atoms with E-state index in [4.69, 9.17) is 5.73 Å². The highest BCUT2D eigenvalue weighted by Crippen LogP contribution is 2.25. The molecule has 2 aromatic rings. The quantitative estimate of drug-likeness (QED) is 0.731. The summed E-state index contributed by atoms with van der Waals surface area (Å²) < 4.78 is 0. The SMILES string of the molecule is CC(CN)Nc1nccc2ccc(O)cc12. The van der Waals surface area contributed by atoms with Gasteiger partial charge in [0.1, 0.15) is 11.6 Å². The average molecular weight is 217 g/mol. The third kappa shape index (κ3) is 2.06. The van der Waals surface area contributed by atoms with Crippen LogP contribution in [0.4, 0.5) is 5.82 Å². The van der Waals surface area contributed by atoms with E-state index in [1.165, 1.54) is 0 Å². The molecule has 0 bridgehead atoms. The summed E-state index contributed by atoms with van der Waals surface area (Å²) in [5.41, 5.74) is 5.55. The first-order chi connectivity index (χ1) is 7.70. The average Bonchev–Trinajstić information content (AvgIpc) is 2.29. The van der Waals surface area contributed by atoms with E-state index in [-0.39, 0.29) is 11.8 Å². The smallest absolute Gasteiger partial charge is 0.134 e. The second-order valence-electron chi connectivity index (χ2n) is 3.85. The number of aromatic nitrogens is 1. The zero-order chi connectivity index (χ0) is 11.5. The summed E-state index contributed by atoms with van der Waals surface area (Å²) >= 11 is 0. The fourth-order valence-corrected chi connectivity index (χ4v) is 1.56. The summed E-state index contributed by atoms with van der Waals surface area (Å²) in [6.45, 7) is 2.53. The standard InChI is InChI=1S/C12H15N3O/c1-8(7-13)15-12-11-6-10(16)3-2-9(11)4-5-14-12/h2-6,8,16H,7,13H2,1H3,(H,14,15). The van der Waals surface area contributed by atoms with E-state index < -0.39 is 0 Å². The van der Waals surface area contributed by atoms with Crippen LogP contribution >= 0.6 is 0 Å². The van der Waals surface area contributed by atoms with Crippen LogP contribution in [0.15, 0.2) is 30.5 Å². The zero-order valence-corrected chi connectivity index (χ0v) is 9.14. The summed E-state index contributed by atoms with van der Waals surface area (Å²) in [6, 6.07) is 7.30. The highest BCUT2D eigenvalue weighted by Gasteiger charge is 2.05. The van der Waals surface area contributed by atoms with Crippen molar-refractivity contribution in [2.24, 2.45) is 5.73 Å². The lowest BCUT2D eigenvalue weighted by Gasteiger charge is -2.13. The number of nitrogens with one attached hydrogen (secondary N) is 1. The number of aromatic hydroxyl groups is 1. The number of hydrogen-bond donors (Lipinski definition) is 3. The molecular formula is C12H15N3O. The van der Waals surface area contributed by atoms with Crippen molar-refractivity contribution in [3.05, 3.63) is 30.5 Å². The number of nitrogens with zero attached hydrogens (tertiary/aromatic N) is 1. The van der Waals surface area contributed by atoms with Gasteiger partial charge >= 0.3 is 0 Å². The molecule has 0 aliphatic heterocycles. The summed E-state index contributed by atoms with van der Waals surface area (Å²) in [5.74, 6) is 0.996. The first kappa shape index (κ1) is 10.7. The first-order valence-corrected chi connectivity index (χ1v) is 5.25. The minimum absolute atomic E-state index is 0.153. The summed E-state index contributed by atoms with van der Waals surface area (Å²) in [5, 5.41) is 14.6. The van der Waals surface area contributed by atoms with E-state index in [2.05, 4.69) is 10.3 Å². The van der Waals surface area contributed by atoms with Crippen LogP contribution in [0, 0.1) is 0 Å². The van der Waals surface area contributed by atoms with E-state index in [0.717, 1.165) is 16.6 Å². The van der Waals surface area contributed by atoms with Gasteiger partial charge in [-0.25, -0.2) is 4.98 Å². The van der Waals surface area contributed by atoms with Gasteiger partial charge in [-0.1, -0.05) is 6.07 Å². The molecule has 4 heteroatoms. The highest BCUT2D eigenvalue weighted by molar-refractivity contribution is 5.92.